The third-order valence-electron chi connectivity index (χ3n) is 4.46. The molecule has 4 nitrogen and oxygen atoms in total. The average molecular weight is 354 g/mol. The van der Waals surface area contributed by atoms with Crippen LogP contribution in [0.2, 0.25) is 0 Å². The Labute approximate surface area is 159 Å². The Morgan fingerprint density at radius 1 is 0.778 bits per heavy atom. The minimum absolute atomic E-state index is 0.597. The molecule has 4 aromatic rings. The van der Waals surface area contributed by atoms with Crippen LogP contribution in [0.5, 0.6) is 0 Å². The van der Waals surface area contributed by atoms with Gasteiger partial charge < -0.3 is 10.6 Å². The van der Waals surface area contributed by atoms with E-state index in [-0.39, 0.29) is 0 Å². The monoisotopic (exact) mass is 354 g/mol. The van der Waals surface area contributed by atoms with E-state index in [0.29, 0.717) is 5.95 Å². The lowest BCUT2D eigenvalue weighted by Gasteiger charge is -2.12. The van der Waals surface area contributed by atoms with E-state index in [4.69, 9.17) is 4.98 Å². The van der Waals surface area contributed by atoms with Crippen LogP contribution < -0.4 is 10.6 Å². The highest BCUT2D eigenvalue weighted by Gasteiger charge is 2.07. The molecule has 4 heteroatoms. The summed E-state index contributed by atoms with van der Waals surface area (Å²) in [5.41, 5.74) is 4.43. The maximum atomic E-state index is 4.72. The average Bonchev–Trinajstić information content (AvgIpc) is 2.70. The zero-order chi connectivity index (χ0) is 18.5. The molecule has 3 aromatic carbocycles. The summed E-state index contributed by atoms with van der Waals surface area (Å²) in [4.78, 5) is 9.37. The van der Waals surface area contributed by atoms with Gasteiger partial charge in [0.1, 0.15) is 5.82 Å². The van der Waals surface area contributed by atoms with E-state index < -0.39 is 0 Å². The first-order chi connectivity index (χ1) is 13.3. The number of aromatic nitrogens is 2. The maximum Gasteiger partial charge on any atom is 0.229 e. The minimum Gasteiger partial charge on any atom is -0.369 e. The van der Waals surface area contributed by atoms with Crippen molar-refractivity contribution in [2.45, 2.75) is 13.3 Å². The summed E-state index contributed by atoms with van der Waals surface area (Å²) in [6.07, 6.45) is 0.944. The van der Waals surface area contributed by atoms with Crippen molar-refractivity contribution in [1.29, 1.82) is 0 Å². The van der Waals surface area contributed by atoms with Crippen LogP contribution in [0.1, 0.15) is 11.1 Å². The molecule has 0 spiro atoms. The van der Waals surface area contributed by atoms with Crippen LogP contribution in [-0.2, 0) is 6.42 Å². The van der Waals surface area contributed by atoms with E-state index in [2.05, 4.69) is 65.0 Å². The van der Waals surface area contributed by atoms with Gasteiger partial charge >= 0.3 is 0 Å². The molecule has 0 amide bonds. The van der Waals surface area contributed by atoms with Crippen LogP contribution in [0.4, 0.5) is 17.5 Å². The number of para-hydroxylation sites is 1. The predicted molar refractivity (Wildman–Crippen MR) is 113 cm³/mol. The molecule has 1 aromatic heterocycles. The molecule has 27 heavy (non-hydrogen) atoms. The van der Waals surface area contributed by atoms with Crippen molar-refractivity contribution in [3.63, 3.8) is 0 Å². The van der Waals surface area contributed by atoms with Gasteiger partial charge in [0, 0.05) is 17.6 Å². The summed E-state index contributed by atoms with van der Waals surface area (Å²) >= 11 is 0. The van der Waals surface area contributed by atoms with E-state index in [1.165, 1.54) is 11.1 Å². The Morgan fingerprint density at radius 3 is 2.33 bits per heavy atom. The number of hydrogen-bond acceptors (Lipinski definition) is 4. The molecule has 0 unspecified atom stereocenters. The molecule has 0 saturated carbocycles. The number of nitrogens with zero attached hydrogens (tertiary/aromatic N) is 2. The van der Waals surface area contributed by atoms with Gasteiger partial charge in [0.15, 0.2) is 0 Å². The van der Waals surface area contributed by atoms with Gasteiger partial charge in [-0.1, -0.05) is 60.2 Å². The smallest absolute Gasteiger partial charge is 0.229 e. The van der Waals surface area contributed by atoms with Gasteiger partial charge in [0.25, 0.3) is 0 Å². The van der Waals surface area contributed by atoms with Crippen molar-refractivity contribution >= 4 is 28.4 Å². The highest BCUT2D eigenvalue weighted by molar-refractivity contribution is 5.90. The SMILES string of the molecule is Cc1ccc(Nc2nc(NCCc3ccccc3)c3ccccc3n2)cc1. The van der Waals surface area contributed by atoms with Gasteiger partial charge in [0.05, 0.1) is 5.52 Å². The number of benzene rings is 3. The summed E-state index contributed by atoms with van der Waals surface area (Å²) in [5, 5.41) is 7.82. The molecule has 0 aliphatic heterocycles. The zero-order valence-corrected chi connectivity index (χ0v) is 15.3. The molecule has 0 atom stereocenters. The van der Waals surface area contributed by atoms with Gasteiger partial charge in [-0.2, -0.15) is 4.98 Å². The van der Waals surface area contributed by atoms with E-state index in [1.807, 2.05) is 36.4 Å². The van der Waals surface area contributed by atoms with E-state index in [0.717, 1.165) is 35.4 Å². The molecule has 4 rings (SSSR count). The third-order valence-corrected chi connectivity index (χ3v) is 4.46. The first-order valence-corrected chi connectivity index (χ1v) is 9.16. The van der Waals surface area contributed by atoms with E-state index in [9.17, 15) is 0 Å². The first kappa shape index (κ1) is 17.0. The van der Waals surface area contributed by atoms with Gasteiger partial charge in [-0.25, -0.2) is 4.98 Å². The molecule has 134 valence electrons. The Hall–Kier alpha value is -3.40. The molecule has 0 saturated heterocycles. The number of fused-ring (bicyclic) bond motifs is 1. The molecule has 0 aliphatic carbocycles. The van der Waals surface area contributed by atoms with Crippen LogP contribution in [-0.4, -0.2) is 16.5 Å². The van der Waals surface area contributed by atoms with Crippen molar-refractivity contribution in [3.05, 3.63) is 90.0 Å². The summed E-state index contributed by atoms with van der Waals surface area (Å²) in [6.45, 7) is 2.89. The highest BCUT2D eigenvalue weighted by Crippen LogP contribution is 2.23. The lowest BCUT2D eigenvalue weighted by molar-refractivity contribution is 1.01. The molecule has 1 heterocycles. The zero-order valence-electron chi connectivity index (χ0n) is 15.3. The van der Waals surface area contributed by atoms with Crippen molar-refractivity contribution in [3.8, 4) is 0 Å². The fourth-order valence-corrected chi connectivity index (χ4v) is 3.00. The summed E-state index contributed by atoms with van der Waals surface area (Å²) in [5.74, 6) is 1.45. The van der Waals surface area contributed by atoms with Crippen molar-refractivity contribution in [2.24, 2.45) is 0 Å². The van der Waals surface area contributed by atoms with Gasteiger partial charge in [0.2, 0.25) is 5.95 Å². The summed E-state index contributed by atoms with van der Waals surface area (Å²) in [7, 11) is 0. The Kier molecular flexibility index (Phi) is 4.97. The molecule has 2 N–H and O–H groups in total. The fourth-order valence-electron chi connectivity index (χ4n) is 3.00. The molecule has 0 aliphatic rings. The van der Waals surface area contributed by atoms with Gasteiger partial charge in [-0.15, -0.1) is 0 Å². The second kappa shape index (κ2) is 7.87. The summed E-state index contributed by atoms with van der Waals surface area (Å²) < 4.78 is 0. The maximum absolute atomic E-state index is 4.72. The minimum atomic E-state index is 0.597. The Morgan fingerprint density at radius 2 is 1.52 bits per heavy atom. The van der Waals surface area contributed by atoms with Gasteiger partial charge in [-0.3, -0.25) is 0 Å². The molecular weight excluding hydrogens is 332 g/mol. The number of nitrogens with one attached hydrogen (secondary N) is 2. The van der Waals surface area contributed by atoms with Crippen molar-refractivity contribution in [1.82, 2.24) is 9.97 Å². The van der Waals surface area contributed by atoms with Crippen LogP contribution in [0.25, 0.3) is 10.9 Å². The summed E-state index contributed by atoms with van der Waals surface area (Å²) in [6, 6.07) is 26.8. The fraction of sp³-hybridized carbons (Fsp3) is 0.130. The molecule has 0 fully saturated rings. The van der Waals surface area contributed by atoms with Crippen molar-refractivity contribution < 1.29 is 0 Å². The van der Waals surface area contributed by atoms with E-state index in [1.54, 1.807) is 0 Å². The highest BCUT2D eigenvalue weighted by atomic mass is 15.1. The quantitative estimate of drug-likeness (QED) is 0.491. The molecule has 0 radical (unpaired) electrons. The van der Waals surface area contributed by atoms with Crippen LogP contribution in [0.15, 0.2) is 78.9 Å². The standard InChI is InChI=1S/C23H22N4/c1-17-11-13-19(14-12-17)25-23-26-21-10-6-5-9-20(21)22(27-23)24-16-15-18-7-3-2-4-8-18/h2-14H,15-16H2,1H3,(H2,24,25,26,27). The number of rotatable bonds is 6. The largest absolute Gasteiger partial charge is 0.369 e. The van der Waals surface area contributed by atoms with E-state index >= 15 is 0 Å². The third kappa shape index (κ3) is 4.23. The lowest BCUT2D eigenvalue weighted by atomic mass is 10.1. The normalized spacial score (nSPS) is 10.7. The van der Waals surface area contributed by atoms with Gasteiger partial charge in [-0.05, 0) is 43.2 Å². The lowest BCUT2D eigenvalue weighted by Crippen LogP contribution is -2.09. The number of hydrogen-bond donors (Lipinski definition) is 2. The Bertz CT molecular complexity index is 1030. The van der Waals surface area contributed by atoms with Crippen LogP contribution in [0.3, 0.4) is 0 Å². The predicted octanol–water partition coefficient (Wildman–Crippen LogP) is 5.34. The Balaban J connectivity index is 1.57. The second-order valence-corrected chi connectivity index (χ2v) is 6.57. The molecule has 0 bridgehead atoms. The van der Waals surface area contributed by atoms with Crippen LogP contribution >= 0.6 is 0 Å². The molecular formula is C23H22N4. The second-order valence-electron chi connectivity index (χ2n) is 6.57. The number of aryl methyl sites for hydroxylation is 1. The van der Waals surface area contributed by atoms with Crippen molar-refractivity contribution in [2.75, 3.05) is 17.2 Å². The topological polar surface area (TPSA) is 49.8 Å². The van der Waals surface area contributed by atoms with Crippen LogP contribution in [0, 0.1) is 6.92 Å². The first-order valence-electron chi connectivity index (χ1n) is 9.16. The number of anilines is 3.